The lowest BCUT2D eigenvalue weighted by Gasteiger charge is -2.30. The second-order valence-corrected chi connectivity index (χ2v) is 17.4. The first-order chi connectivity index (χ1) is 24.8. The zero-order chi connectivity index (χ0) is 36.8. The first-order valence-corrected chi connectivity index (χ1v) is 19.7. The van der Waals surface area contributed by atoms with Gasteiger partial charge in [0.25, 0.3) is 5.91 Å². The van der Waals surface area contributed by atoms with E-state index < -0.39 is 68.1 Å². The van der Waals surface area contributed by atoms with Gasteiger partial charge in [0, 0.05) is 30.1 Å². The van der Waals surface area contributed by atoms with Gasteiger partial charge in [0.1, 0.15) is 29.5 Å². The number of hydrogen-bond acceptors (Lipinski definition) is 8. The molecule has 4 amide bonds. The molecule has 0 spiro atoms. The van der Waals surface area contributed by atoms with Crippen LogP contribution in [0, 0.1) is 18.7 Å². The molecule has 14 heteroatoms. The molecule has 2 aromatic carbocycles. The number of amides is 4. The van der Waals surface area contributed by atoms with Crippen LogP contribution in [0.25, 0.3) is 0 Å². The third-order valence-electron chi connectivity index (χ3n) is 11.4. The summed E-state index contributed by atoms with van der Waals surface area (Å²) in [5, 5.41) is 6.27. The predicted molar refractivity (Wildman–Crippen MR) is 191 cm³/mol. The van der Waals surface area contributed by atoms with Crippen LogP contribution in [0.5, 0.6) is 0 Å². The van der Waals surface area contributed by atoms with E-state index in [9.17, 15) is 32.0 Å². The Balaban J connectivity index is 1.16. The van der Waals surface area contributed by atoms with Crippen LogP contribution in [-0.2, 0) is 42.2 Å². The number of fused-ring (bicyclic) bond motifs is 3. The van der Waals surface area contributed by atoms with E-state index in [0.717, 1.165) is 36.9 Å². The number of nitrogens with zero attached hydrogens (tertiary/aromatic N) is 2. The van der Waals surface area contributed by atoms with Crippen molar-refractivity contribution in [1.82, 2.24) is 19.8 Å². The van der Waals surface area contributed by atoms with E-state index in [1.807, 2.05) is 43.3 Å². The van der Waals surface area contributed by atoms with Crippen molar-refractivity contribution in [3.63, 3.8) is 0 Å². The van der Waals surface area contributed by atoms with Gasteiger partial charge in [0.05, 0.1) is 17.8 Å². The maximum Gasteiger partial charge on any atom is 0.410 e. The van der Waals surface area contributed by atoms with Crippen LogP contribution in [0.3, 0.4) is 0 Å². The molecule has 3 fully saturated rings. The second kappa shape index (κ2) is 13.8. The molecular weight excluding hydrogens is 690 g/mol. The zero-order valence-electron chi connectivity index (χ0n) is 29.5. The first kappa shape index (κ1) is 35.9. The molecule has 2 aromatic rings. The fourth-order valence-corrected chi connectivity index (χ4v) is 8.91. The minimum atomic E-state index is -3.98. The monoisotopic (exact) mass is 735 g/mol. The standard InChI is InChI=1S/C38H46FN5O7S/c1-24-11-8-9-15-30(24)40-31-16-7-5-3-4-6-13-26-20-38(26,35(47)42-52(49,50)37(2)17-18-37)41-33(45)32-19-27(22-44(32)34(31)46)51-36(48)43-21-25-12-10-14-29(39)28(25)23-43/h6,8-15,26-27,31-32,40H,3-5,7,16-23H2,1-2H3,(H,41,45)(H,42,47)/b13-6-/t26-,27+,31-,32-,38+/m0/s1. The van der Waals surface area contributed by atoms with Crippen LogP contribution >= 0.6 is 0 Å². The average Bonchev–Trinajstić information content (AvgIpc) is 3.90. The number of para-hydroxylation sites is 1. The Morgan fingerprint density at radius 1 is 1.04 bits per heavy atom. The highest BCUT2D eigenvalue weighted by atomic mass is 32.2. The molecule has 12 nitrogen and oxygen atoms in total. The summed E-state index contributed by atoms with van der Waals surface area (Å²) in [7, 11) is -3.98. The fourth-order valence-electron chi connectivity index (χ4n) is 7.60. The van der Waals surface area contributed by atoms with E-state index in [1.54, 1.807) is 19.1 Å². The van der Waals surface area contributed by atoms with Gasteiger partial charge in [0.2, 0.25) is 21.8 Å². The smallest absolute Gasteiger partial charge is 0.410 e. The van der Waals surface area contributed by atoms with Crippen molar-refractivity contribution >= 4 is 39.5 Å². The molecule has 5 aliphatic rings. The fraction of sp³-hybridized carbons (Fsp3) is 0.526. The van der Waals surface area contributed by atoms with E-state index in [4.69, 9.17) is 4.74 Å². The Labute approximate surface area is 303 Å². The molecule has 0 aromatic heterocycles. The third-order valence-corrected chi connectivity index (χ3v) is 13.6. The number of anilines is 1. The molecule has 3 heterocycles. The minimum absolute atomic E-state index is 0.0376. The zero-order valence-corrected chi connectivity index (χ0v) is 30.3. The molecule has 3 aliphatic heterocycles. The lowest BCUT2D eigenvalue weighted by Crippen LogP contribution is -2.58. The number of hydrogen-bond donors (Lipinski definition) is 3. The number of rotatable bonds is 6. The van der Waals surface area contributed by atoms with Crippen LogP contribution in [0.4, 0.5) is 14.9 Å². The van der Waals surface area contributed by atoms with Gasteiger partial charge in [-0.1, -0.05) is 55.3 Å². The van der Waals surface area contributed by atoms with Gasteiger partial charge < -0.3 is 20.3 Å². The Morgan fingerprint density at radius 2 is 1.83 bits per heavy atom. The summed E-state index contributed by atoms with van der Waals surface area (Å²) in [6.07, 6.45) is 6.99. The van der Waals surface area contributed by atoms with Crippen molar-refractivity contribution in [1.29, 1.82) is 0 Å². The van der Waals surface area contributed by atoms with Crippen LogP contribution in [0.1, 0.15) is 81.4 Å². The normalized spacial score (nSPS) is 29.0. The van der Waals surface area contributed by atoms with Crippen LogP contribution < -0.4 is 15.4 Å². The molecule has 3 N–H and O–H groups in total. The molecule has 278 valence electrons. The highest BCUT2D eigenvalue weighted by molar-refractivity contribution is 7.91. The third kappa shape index (κ3) is 7.01. The molecule has 52 heavy (non-hydrogen) atoms. The molecule has 0 unspecified atom stereocenters. The quantitative estimate of drug-likeness (QED) is 0.369. The minimum Gasteiger partial charge on any atom is -0.444 e. The maximum absolute atomic E-state index is 14.5. The number of halogens is 1. The van der Waals surface area contributed by atoms with E-state index in [-0.39, 0.29) is 38.4 Å². The summed E-state index contributed by atoms with van der Waals surface area (Å²) < 4.78 is 47.8. The molecule has 7 rings (SSSR count). The summed E-state index contributed by atoms with van der Waals surface area (Å²) in [6.45, 7) is 3.66. The van der Waals surface area contributed by atoms with E-state index in [0.29, 0.717) is 30.4 Å². The number of sulfonamides is 1. The number of benzene rings is 2. The number of ether oxygens (including phenoxy) is 1. The van der Waals surface area contributed by atoms with Gasteiger partial charge in [-0.05, 0) is 75.6 Å². The van der Waals surface area contributed by atoms with E-state index in [2.05, 4.69) is 15.4 Å². The summed E-state index contributed by atoms with van der Waals surface area (Å²) in [5.41, 5.74) is 1.33. The Morgan fingerprint density at radius 3 is 2.58 bits per heavy atom. The highest BCUT2D eigenvalue weighted by Gasteiger charge is 2.63. The van der Waals surface area contributed by atoms with Crippen molar-refractivity contribution in [3.05, 3.63) is 77.1 Å². The Hall–Kier alpha value is -4.46. The van der Waals surface area contributed by atoms with Gasteiger partial charge in [-0.2, -0.15) is 0 Å². The average molecular weight is 736 g/mol. The number of carbonyl (C=O) groups is 4. The summed E-state index contributed by atoms with van der Waals surface area (Å²) in [6, 6.07) is 10.5. The molecule has 0 radical (unpaired) electrons. The summed E-state index contributed by atoms with van der Waals surface area (Å²) >= 11 is 0. The second-order valence-electron chi connectivity index (χ2n) is 15.2. The number of carbonyl (C=O) groups excluding carboxylic acids is 4. The summed E-state index contributed by atoms with van der Waals surface area (Å²) in [5.74, 6) is -2.62. The van der Waals surface area contributed by atoms with Gasteiger partial charge in [0.15, 0.2) is 0 Å². The first-order valence-electron chi connectivity index (χ1n) is 18.2. The highest BCUT2D eigenvalue weighted by Crippen LogP contribution is 2.47. The Kier molecular flexibility index (Phi) is 9.55. The lowest BCUT2D eigenvalue weighted by molar-refractivity contribution is -0.140. The van der Waals surface area contributed by atoms with Gasteiger partial charge in [-0.3, -0.25) is 24.0 Å². The lowest BCUT2D eigenvalue weighted by atomic mass is 10.0. The SMILES string of the molecule is Cc1ccccc1N[C@H]1CCCCC/C=C\[C@H]2C[C@@]2(C(=O)NS(=O)(=O)C2(C)CC2)NC(=O)[C@@H]2C[C@@H](OC(=O)N3Cc4cccc(F)c4C3)CN2C1=O. The van der Waals surface area contributed by atoms with Gasteiger partial charge >= 0.3 is 6.09 Å². The topological polar surface area (TPSA) is 154 Å². The molecule has 1 saturated heterocycles. The molecule has 5 atom stereocenters. The van der Waals surface area contributed by atoms with E-state index in [1.165, 1.54) is 15.9 Å². The van der Waals surface area contributed by atoms with E-state index >= 15 is 0 Å². The summed E-state index contributed by atoms with van der Waals surface area (Å²) in [4.78, 5) is 58.8. The maximum atomic E-state index is 14.5. The van der Waals surface area contributed by atoms with Crippen molar-refractivity contribution in [2.75, 3.05) is 11.9 Å². The number of nitrogens with one attached hydrogen (secondary N) is 3. The molecular formula is C38H46FN5O7S. The van der Waals surface area contributed by atoms with Crippen molar-refractivity contribution < 1.29 is 36.7 Å². The molecule has 2 aliphatic carbocycles. The van der Waals surface area contributed by atoms with Crippen LogP contribution in [-0.4, -0.2) is 77.1 Å². The number of aryl methyl sites for hydroxylation is 1. The largest absolute Gasteiger partial charge is 0.444 e. The molecule has 0 bridgehead atoms. The predicted octanol–water partition coefficient (Wildman–Crippen LogP) is 4.43. The van der Waals surface area contributed by atoms with Crippen molar-refractivity contribution in [3.8, 4) is 0 Å². The Bertz CT molecular complexity index is 1920. The van der Waals surface area contributed by atoms with Gasteiger partial charge in [-0.15, -0.1) is 0 Å². The van der Waals surface area contributed by atoms with Crippen LogP contribution in [0.15, 0.2) is 54.6 Å². The van der Waals surface area contributed by atoms with Crippen molar-refractivity contribution in [2.45, 2.75) is 113 Å². The van der Waals surface area contributed by atoms with Gasteiger partial charge in [-0.25, -0.2) is 17.6 Å². The molecule has 2 saturated carbocycles. The van der Waals surface area contributed by atoms with Crippen molar-refractivity contribution in [2.24, 2.45) is 5.92 Å². The number of allylic oxidation sites excluding steroid dienone is 1. The van der Waals surface area contributed by atoms with Crippen LogP contribution in [0.2, 0.25) is 0 Å².